The molecule has 32 heavy (non-hydrogen) atoms. The SMILES string of the molecule is CC(C)[C@@H]1C(=O)C(C(N)=O)=C(O)[C@@]2(O)C(=O)C3=C(O)c4c(O)cccc4[C@H](C)[C@H]3[C@H](O)[C@@H]12. The molecule has 3 aliphatic rings. The Bertz CT molecular complexity index is 1130. The van der Waals surface area contributed by atoms with E-state index in [2.05, 4.69) is 0 Å². The van der Waals surface area contributed by atoms with Gasteiger partial charge in [0.05, 0.1) is 11.7 Å². The molecule has 9 nitrogen and oxygen atoms in total. The minimum absolute atomic E-state index is 0.0141. The summed E-state index contributed by atoms with van der Waals surface area (Å²) >= 11 is 0. The number of aliphatic hydroxyl groups is 4. The van der Waals surface area contributed by atoms with Crippen molar-refractivity contribution < 1.29 is 39.9 Å². The number of aliphatic hydroxyl groups excluding tert-OH is 3. The minimum Gasteiger partial charge on any atom is -0.508 e. The predicted molar refractivity (Wildman–Crippen MR) is 111 cm³/mol. The first kappa shape index (κ1) is 22.0. The topological polar surface area (TPSA) is 178 Å². The van der Waals surface area contributed by atoms with Crippen LogP contribution in [0.2, 0.25) is 0 Å². The van der Waals surface area contributed by atoms with Crippen molar-refractivity contribution in [2.24, 2.45) is 29.4 Å². The van der Waals surface area contributed by atoms with E-state index in [0.29, 0.717) is 5.56 Å². The second-order valence-corrected chi connectivity index (χ2v) is 9.15. The number of fused-ring (bicyclic) bond motifs is 3. The number of Topliss-reactive ketones (excluding diaryl/α,β-unsaturated/α-hetero) is 2. The number of nitrogens with two attached hydrogens (primary N) is 1. The van der Waals surface area contributed by atoms with Gasteiger partial charge in [-0.15, -0.1) is 0 Å². The molecule has 4 rings (SSSR count). The van der Waals surface area contributed by atoms with Crippen LogP contribution in [0.5, 0.6) is 5.75 Å². The zero-order valence-corrected chi connectivity index (χ0v) is 17.7. The highest BCUT2D eigenvalue weighted by molar-refractivity contribution is 6.23. The molecule has 6 atom stereocenters. The molecule has 170 valence electrons. The summed E-state index contributed by atoms with van der Waals surface area (Å²) in [6, 6.07) is 4.52. The molecule has 1 saturated carbocycles. The number of hydrogen-bond acceptors (Lipinski definition) is 8. The van der Waals surface area contributed by atoms with Crippen LogP contribution in [0.15, 0.2) is 35.1 Å². The van der Waals surface area contributed by atoms with E-state index in [1.165, 1.54) is 6.07 Å². The van der Waals surface area contributed by atoms with Crippen LogP contribution < -0.4 is 5.73 Å². The lowest BCUT2D eigenvalue weighted by molar-refractivity contribution is -0.171. The van der Waals surface area contributed by atoms with E-state index in [0.717, 1.165) is 0 Å². The van der Waals surface area contributed by atoms with Gasteiger partial charge in [0.2, 0.25) is 5.78 Å². The van der Waals surface area contributed by atoms with Crippen molar-refractivity contribution in [1.29, 1.82) is 0 Å². The average Bonchev–Trinajstić information content (AvgIpc) is 2.70. The smallest absolute Gasteiger partial charge is 0.255 e. The molecular formula is C23H25NO8. The van der Waals surface area contributed by atoms with Crippen molar-refractivity contribution >= 4 is 23.2 Å². The van der Waals surface area contributed by atoms with Gasteiger partial charge in [-0.2, -0.15) is 0 Å². The Kier molecular flexibility index (Phi) is 4.76. The molecule has 0 aliphatic heterocycles. The molecule has 0 bridgehead atoms. The van der Waals surface area contributed by atoms with Crippen LogP contribution in [0.4, 0.5) is 0 Å². The Hall–Kier alpha value is -3.17. The zero-order chi connectivity index (χ0) is 23.9. The first-order chi connectivity index (χ1) is 14.9. The summed E-state index contributed by atoms with van der Waals surface area (Å²) in [6.45, 7) is 4.94. The number of rotatable bonds is 2. The van der Waals surface area contributed by atoms with Gasteiger partial charge in [-0.1, -0.05) is 32.9 Å². The van der Waals surface area contributed by atoms with Crippen molar-refractivity contribution in [1.82, 2.24) is 0 Å². The van der Waals surface area contributed by atoms with Crippen LogP contribution in [0.1, 0.15) is 37.8 Å². The number of primary amides is 1. The van der Waals surface area contributed by atoms with Gasteiger partial charge in [0.1, 0.15) is 22.8 Å². The largest absolute Gasteiger partial charge is 0.508 e. The second-order valence-electron chi connectivity index (χ2n) is 9.15. The van der Waals surface area contributed by atoms with Gasteiger partial charge < -0.3 is 31.3 Å². The number of carbonyl (C=O) groups is 3. The predicted octanol–water partition coefficient (Wildman–Crippen LogP) is 0.838. The Morgan fingerprint density at radius 3 is 2.34 bits per heavy atom. The Labute approximate surface area is 183 Å². The fraction of sp³-hybridized carbons (Fsp3) is 0.435. The lowest BCUT2D eigenvalue weighted by Gasteiger charge is -2.53. The number of phenols is 1. The maximum absolute atomic E-state index is 13.7. The molecule has 7 N–H and O–H groups in total. The fourth-order valence-electron chi connectivity index (χ4n) is 5.81. The molecule has 0 saturated heterocycles. The summed E-state index contributed by atoms with van der Waals surface area (Å²) in [5.41, 5.74) is 1.61. The first-order valence-corrected chi connectivity index (χ1v) is 10.4. The van der Waals surface area contributed by atoms with Gasteiger partial charge in [-0.25, -0.2) is 0 Å². The normalized spacial score (nSPS) is 34.4. The van der Waals surface area contributed by atoms with Gasteiger partial charge >= 0.3 is 0 Å². The van der Waals surface area contributed by atoms with E-state index < -0.39 is 75.9 Å². The molecule has 1 aromatic rings. The van der Waals surface area contributed by atoms with Gasteiger partial charge in [0.15, 0.2) is 11.4 Å². The van der Waals surface area contributed by atoms with E-state index >= 15 is 0 Å². The maximum atomic E-state index is 13.7. The molecule has 3 aliphatic carbocycles. The summed E-state index contributed by atoms with van der Waals surface area (Å²) in [7, 11) is 0. The lowest BCUT2D eigenvalue weighted by atomic mass is 9.51. The third-order valence-electron chi connectivity index (χ3n) is 7.24. The second kappa shape index (κ2) is 6.91. The van der Waals surface area contributed by atoms with E-state index in [9.17, 15) is 39.9 Å². The first-order valence-electron chi connectivity index (χ1n) is 10.4. The third kappa shape index (κ3) is 2.49. The highest BCUT2D eigenvalue weighted by Gasteiger charge is 2.68. The molecule has 1 aromatic carbocycles. The highest BCUT2D eigenvalue weighted by Crippen LogP contribution is 2.57. The molecule has 0 unspecified atom stereocenters. The monoisotopic (exact) mass is 443 g/mol. The molecule has 0 heterocycles. The maximum Gasteiger partial charge on any atom is 0.255 e. The fourth-order valence-corrected chi connectivity index (χ4v) is 5.81. The van der Waals surface area contributed by atoms with Crippen LogP contribution in [-0.2, 0) is 14.4 Å². The summed E-state index contributed by atoms with van der Waals surface area (Å²) < 4.78 is 0. The number of hydrogen-bond donors (Lipinski definition) is 6. The highest BCUT2D eigenvalue weighted by atomic mass is 16.4. The van der Waals surface area contributed by atoms with Gasteiger partial charge in [-0.05, 0) is 23.5 Å². The Morgan fingerprint density at radius 2 is 1.78 bits per heavy atom. The molecular weight excluding hydrogens is 418 g/mol. The number of carbonyl (C=O) groups excluding carboxylic acids is 3. The van der Waals surface area contributed by atoms with Crippen molar-refractivity contribution in [3.63, 3.8) is 0 Å². The summed E-state index contributed by atoms with van der Waals surface area (Å²) in [5.74, 6) is -10.3. The van der Waals surface area contributed by atoms with Gasteiger partial charge in [-0.3, -0.25) is 14.4 Å². The van der Waals surface area contributed by atoms with Crippen LogP contribution in [-0.4, -0.2) is 54.7 Å². The summed E-state index contributed by atoms with van der Waals surface area (Å²) in [5, 5.41) is 55.0. The molecule has 0 aromatic heterocycles. The van der Waals surface area contributed by atoms with E-state index in [1.807, 2.05) is 0 Å². The van der Waals surface area contributed by atoms with Crippen LogP contribution >= 0.6 is 0 Å². The number of amides is 1. The van der Waals surface area contributed by atoms with Gasteiger partial charge in [0, 0.05) is 23.3 Å². The van der Waals surface area contributed by atoms with Crippen molar-refractivity contribution in [3.05, 3.63) is 46.2 Å². The van der Waals surface area contributed by atoms with Crippen LogP contribution in [0, 0.1) is 23.7 Å². The van der Waals surface area contributed by atoms with Crippen molar-refractivity contribution in [3.8, 4) is 5.75 Å². The number of ketones is 2. The van der Waals surface area contributed by atoms with Crippen molar-refractivity contribution in [2.75, 3.05) is 0 Å². The van der Waals surface area contributed by atoms with E-state index in [4.69, 9.17) is 5.73 Å². The average molecular weight is 443 g/mol. The van der Waals surface area contributed by atoms with Gasteiger partial charge in [0.25, 0.3) is 5.91 Å². The van der Waals surface area contributed by atoms with Crippen LogP contribution in [0.25, 0.3) is 5.76 Å². The van der Waals surface area contributed by atoms with E-state index in [-0.39, 0.29) is 16.9 Å². The zero-order valence-electron chi connectivity index (χ0n) is 17.7. The molecule has 0 spiro atoms. The minimum atomic E-state index is -2.85. The number of aromatic hydroxyl groups is 1. The number of phenolic OH excluding ortho intramolecular Hbond substituents is 1. The standard InChI is InChI=1S/C23H25NO8/c1-7(2)11-16-19(28)12-8(3)9-5-4-6-10(25)13(9)18(27)14(12)20(29)23(16,32)21(30)15(17(11)26)22(24)31/h4-8,11-12,16,19,25,27-28,30,32H,1-3H3,(H2,24,31)/t8-,11-,12+,16+,19-,23-/m0/s1. The Morgan fingerprint density at radius 1 is 1.16 bits per heavy atom. The molecule has 1 amide bonds. The number of benzene rings is 1. The quantitative estimate of drug-likeness (QED) is 0.364. The Balaban J connectivity index is 2.07. The van der Waals surface area contributed by atoms with E-state index in [1.54, 1.807) is 32.9 Å². The molecule has 9 heteroatoms. The summed E-state index contributed by atoms with van der Waals surface area (Å²) in [4.78, 5) is 38.7. The van der Waals surface area contributed by atoms with Crippen molar-refractivity contribution in [2.45, 2.75) is 38.4 Å². The molecule has 1 fully saturated rings. The summed E-state index contributed by atoms with van der Waals surface area (Å²) in [6.07, 6.45) is -1.55. The third-order valence-corrected chi connectivity index (χ3v) is 7.24. The molecule has 0 radical (unpaired) electrons. The van der Waals surface area contributed by atoms with Crippen LogP contribution in [0.3, 0.4) is 0 Å². The lowest BCUT2D eigenvalue weighted by Crippen LogP contribution is -2.67.